The Labute approximate surface area is 107 Å². The molecule has 0 spiro atoms. The molecule has 2 fully saturated rings. The van der Waals surface area contributed by atoms with Crippen LogP contribution in [0.2, 0.25) is 0 Å². The number of nitrogens with one attached hydrogen (secondary N) is 2. The zero-order valence-corrected chi connectivity index (χ0v) is 10.7. The molecule has 3 atom stereocenters. The molecule has 1 saturated carbocycles. The van der Waals surface area contributed by atoms with Crippen LogP contribution in [0.5, 0.6) is 0 Å². The Bertz CT molecular complexity index is 417. The first-order valence-electron chi connectivity index (χ1n) is 6.71. The molecule has 0 bridgehead atoms. The third-order valence-electron chi connectivity index (χ3n) is 4.36. The number of carbonyl (C=O) groups excluding carboxylic acids is 1. The first kappa shape index (κ1) is 11.7. The molecule has 2 aliphatic rings. The molecule has 98 valence electrons. The van der Waals surface area contributed by atoms with Crippen molar-refractivity contribution in [3.05, 3.63) is 18.0 Å². The van der Waals surface area contributed by atoms with E-state index in [-0.39, 0.29) is 11.9 Å². The van der Waals surface area contributed by atoms with E-state index in [0.717, 1.165) is 18.0 Å². The number of fused-ring (bicyclic) bond motifs is 1. The van der Waals surface area contributed by atoms with Crippen LogP contribution in [0.1, 0.15) is 24.8 Å². The van der Waals surface area contributed by atoms with Crippen molar-refractivity contribution in [2.45, 2.75) is 31.8 Å². The summed E-state index contributed by atoms with van der Waals surface area (Å²) < 4.78 is 0. The molecule has 18 heavy (non-hydrogen) atoms. The van der Waals surface area contributed by atoms with Crippen LogP contribution < -0.4 is 5.32 Å². The lowest BCUT2D eigenvalue weighted by Gasteiger charge is -2.24. The minimum absolute atomic E-state index is 0.0365. The number of aromatic amines is 1. The van der Waals surface area contributed by atoms with Crippen molar-refractivity contribution in [2.75, 3.05) is 13.6 Å². The fraction of sp³-hybridized carbons (Fsp3) is 0.692. The van der Waals surface area contributed by atoms with Gasteiger partial charge in [-0.15, -0.1) is 0 Å². The molecule has 0 radical (unpaired) electrons. The van der Waals surface area contributed by atoms with Gasteiger partial charge < -0.3 is 10.2 Å². The Kier molecular flexibility index (Phi) is 3.07. The topological polar surface area (TPSA) is 61.0 Å². The molecule has 1 amide bonds. The number of amides is 1. The maximum absolute atomic E-state index is 12.4. The van der Waals surface area contributed by atoms with E-state index < -0.39 is 0 Å². The van der Waals surface area contributed by atoms with Gasteiger partial charge in [0.2, 0.25) is 5.91 Å². The van der Waals surface area contributed by atoms with Gasteiger partial charge in [-0.2, -0.15) is 5.10 Å². The SMILES string of the molecule is CN(Cc1cn[nH]c1)C(=O)C1NCC2CCCC21. The van der Waals surface area contributed by atoms with E-state index in [9.17, 15) is 4.79 Å². The van der Waals surface area contributed by atoms with Crippen LogP contribution in [0.3, 0.4) is 0 Å². The van der Waals surface area contributed by atoms with E-state index in [1.54, 1.807) is 6.20 Å². The summed E-state index contributed by atoms with van der Waals surface area (Å²) in [6, 6.07) is 0.0365. The molecule has 2 heterocycles. The molecule has 1 saturated heterocycles. The zero-order chi connectivity index (χ0) is 12.5. The van der Waals surface area contributed by atoms with E-state index in [0.29, 0.717) is 12.5 Å². The summed E-state index contributed by atoms with van der Waals surface area (Å²) in [5.74, 6) is 1.51. The summed E-state index contributed by atoms with van der Waals surface area (Å²) in [7, 11) is 1.87. The molecule has 2 N–H and O–H groups in total. The average Bonchev–Trinajstić information content (AvgIpc) is 3.04. The molecule has 0 aromatic carbocycles. The molecular formula is C13H20N4O. The van der Waals surface area contributed by atoms with E-state index in [1.807, 2.05) is 18.1 Å². The number of rotatable bonds is 3. The van der Waals surface area contributed by atoms with Gasteiger partial charge in [-0.1, -0.05) is 6.42 Å². The lowest BCUT2D eigenvalue weighted by Crippen LogP contribution is -2.44. The van der Waals surface area contributed by atoms with E-state index in [4.69, 9.17) is 0 Å². The zero-order valence-electron chi connectivity index (χ0n) is 10.7. The Morgan fingerprint density at radius 2 is 2.44 bits per heavy atom. The lowest BCUT2D eigenvalue weighted by atomic mass is 9.93. The van der Waals surface area contributed by atoms with Gasteiger partial charge in [0, 0.05) is 25.4 Å². The number of carbonyl (C=O) groups is 1. The second kappa shape index (κ2) is 4.72. The molecule has 5 heteroatoms. The van der Waals surface area contributed by atoms with Gasteiger partial charge in [-0.05, 0) is 31.2 Å². The largest absolute Gasteiger partial charge is 0.340 e. The smallest absolute Gasteiger partial charge is 0.240 e. The lowest BCUT2D eigenvalue weighted by molar-refractivity contribution is -0.133. The maximum Gasteiger partial charge on any atom is 0.240 e. The number of aromatic nitrogens is 2. The molecule has 3 unspecified atom stereocenters. The van der Waals surface area contributed by atoms with Gasteiger partial charge in [0.15, 0.2) is 0 Å². The predicted octanol–water partition coefficient (Wildman–Crippen LogP) is 0.756. The van der Waals surface area contributed by atoms with Crippen LogP contribution in [-0.4, -0.2) is 40.6 Å². The van der Waals surface area contributed by atoms with Gasteiger partial charge in [-0.3, -0.25) is 9.89 Å². The predicted molar refractivity (Wildman–Crippen MR) is 67.7 cm³/mol. The highest BCUT2D eigenvalue weighted by Crippen LogP contribution is 2.38. The highest BCUT2D eigenvalue weighted by Gasteiger charge is 2.43. The fourth-order valence-electron chi connectivity index (χ4n) is 3.41. The summed E-state index contributed by atoms with van der Waals surface area (Å²) in [6.45, 7) is 1.64. The fourth-order valence-corrected chi connectivity index (χ4v) is 3.41. The highest BCUT2D eigenvalue weighted by atomic mass is 16.2. The van der Waals surface area contributed by atoms with Gasteiger partial charge in [0.25, 0.3) is 0 Å². The second-order valence-electron chi connectivity index (χ2n) is 5.54. The Hall–Kier alpha value is -1.36. The average molecular weight is 248 g/mol. The standard InChI is InChI=1S/C13H20N4O/c1-17(8-9-5-15-16-6-9)13(18)12-11-4-2-3-10(11)7-14-12/h5-6,10-12,14H,2-4,7-8H2,1H3,(H,15,16). The van der Waals surface area contributed by atoms with Crippen LogP contribution in [0, 0.1) is 11.8 Å². The normalized spacial score (nSPS) is 30.4. The van der Waals surface area contributed by atoms with Crippen LogP contribution in [0.15, 0.2) is 12.4 Å². The van der Waals surface area contributed by atoms with E-state index >= 15 is 0 Å². The quantitative estimate of drug-likeness (QED) is 0.830. The number of hydrogen-bond donors (Lipinski definition) is 2. The van der Waals surface area contributed by atoms with Gasteiger partial charge >= 0.3 is 0 Å². The van der Waals surface area contributed by atoms with E-state index in [1.165, 1.54) is 19.3 Å². The summed E-state index contributed by atoms with van der Waals surface area (Å²) in [5, 5.41) is 10.1. The molecule has 1 aliphatic heterocycles. The van der Waals surface area contributed by atoms with Crippen molar-refractivity contribution in [1.82, 2.24) is 20.4 Å². The minimum Gasteiger partial charge on any atom is -0.340 e. The molecule has 1 aliphatic carbocycles. The molecule has 1 aromatic heterocycles. The Morgan fingerprint density at radius 1 is 1.56 bits per heavy atom. The van der Waals surface area contributed by atoms with Gasteiger partial charge in [0.1, 0.15) is 0 Å². The summed E-state index contributed by atoms with van der Waals surface area (Å²) >= 11 is 0. The van der Waals surface area contributed by atoms with Crippen LogP contribution in [-0.2, 0) is 11.3 Å². The van der Waals surface area contributed by atoms with Crippen molar-refractivity contribution < 1.29 is 4.79 Å². The third-order valence-corrected chi connectivity index (χ3v) is 4.36. The Morgan fingerprint density at radius 3 is 3.22 bits per heavy atom. The first-order chi connectivity index (χ1) is 8.75. The number of hydrogen-bond acceptors (Lipinski definition) is 3. The van der Waals surface area contributed by atoms with Gasteiger partial charge in [0.05, 0.1) is 12.2 Å². The molecule has 1 aromatic rings. The van der Waals surface area contributed by atoms with Crippen molar-refractivity contribution in [3.8, 4) is 0 Å². The van der Waals surface area contributed by atoms with Gasteiger partial charge in [-0.25, -0.2) is 0 Å². The monoisotopic (exact) mass is 248 g/mol. The van der Waals surface area contributed by atoms with Crippen LogP contribution in [0.25, 0.3) is 0 Å². The summed E-state index contributed by atoms with van der Waals surface area (Å²) in [5.41, 5.74) is 1.05. The van der Waals surface area contributed by atoms with Crippen molar-refractivity contribution in [1.29, 1.82) is 0 Å². The summed E-state index contributed by atoms with van der Waals surface area (Å²) in [6.07, 6.45) is 7.38. The summed E-state index contributed by atoms with van der Waals surface area (Å²) in [4.78, 5) is 14.3. The second-order valence-corrected chi connectivity index (χ2v) is 5.54. The number of likely N-dealkylation sites (N-methyl/N-ethyl adjacent to an activating group) is 1. The minimum atomic E-state index is 0.0365. The molecule has 3 rings (SSSR count). The van der Waals surface area contributed by atoms with Crippen molar-refractivity contribution >= 4 is 5.91 Å². The third kappa shape index (κ3) is 2.03. The highest BCUT2D eigenvalue weighted by molar-refractivity contribution is 5.82. The number of H-pyrrole nitrogens is 1. The van der Waals surface area contributed by atoms with Crippen LogP contribution in [0.4, 0.5) is 0 Å². The Balaban J connectivity index is 1.63. The molecule has 5 nitrogen and oxygen atoms in total. The number of nitrogens with zero attached hydrogens (tertiary/aromatic N) is 2. The van der Waals surface area contributed by atoms with Crippen LogP contribution >= 0.6 is 0 Å². The van der Waals surface area contributed by atoms with Crippen molar-refractivity contribution in [3.63, 3.8) is 0 Å². The first-order valence-corrected chi connectivity index (χ1v) is 6.71. The maximum atomic E-state index is 12.4. The van der Waals surface area contributed by atoms with E-state index in [2.05, 4.69) is 15.5 Å². The molecular weight excluding hydrogens is 228 g/mol. The van der Waals surface area contributed by atoms with Crippen molar-refractivity contribution in [2.24, 2.45) is 11.8 Å².